The van der Waals surface area contributed by atoms with Crippen LogP contribution in [0.3, 0.4) is 0 Å². The summed E-state index contributed by atoms with van der Waals surface area (Å²) in [6.07, 6.45) is 0. The highest BCUT2D eigenvalue weighted by Gasteiger charge is 2.09. The summed E-state index contributed by atoms with van der Waals surface area (Å²) in [5.41, 5.74) is 0.504. The van der Waals surface area contributed by atoms with Gasteiger partial charge in [-0.25, -0.2) is 4.98 Å². The molecule has 0 saturated carbocycles. The van der Waals surface area contributed by atoms with Crippen LogP contribution in [0.4, 0.5) is 0 Å². The molecule has 2 aromatic heterocycles. The van der Waals surface area contributed by atoms with E-state index in [9.17, 15) is 0 Å². The maximum Gasteiger partial charge on any atom is 0.224 e. The van der Waals surface area contributed by atoms with E-state index in [2.05, 4.69) is 41.5 Å². The first-order valence-corrected chi connectivity index (χ1v) is 4.50. The number of rotatable bonds is 1. The van der Waals surface area contributed by atoms with Crippen LogP contribution in [0.5, 0.6) is 0 Å². The Morgan fingerprint density at radius 2 is 2.23 bits per heavy atom. The van der Waals surface area contributed by atoms with E-state index >= 15 is 0 Å². The zero-order valence-electron chi connectivity index (χ0n) is 6.20. The number of nitrogens with one attached hydrogen (secondary N) is 1. The smallest absolute Gasteiger partial charge is 0.224 e. The summed E-state index contributed by atoms with van der Waals surface area (Å²) in [6, 6.07) is 3.45. The van der Waals surface area contributed by atoms with Gasteiger partial charge in [-0.05, 0) is 33.3 Å². The fourth-order valence-electron chi connectivity index (χ4n) is 0.837. The van der Waals surface area contributed by atoms with Crippen molar-refractivity contribution in [2.75, 3.05) is 0 Å². The van der Waals surface area contributed by atoms with Crippen molar-refractivity contribution in [2.45, 2.75) is 0 Å². The molecule has 0 amide bonds. The van der Waals surface area contributed by atoms with Crippen molar-refractivity contribution in [3.63, 3.8) is 0 Å². The van der Waals surface area contributed by atoms with Crippen molar-refractivity contribution in [2.24, 2.45) is 0 Å². The summed E-state index contributed by atoms with van der Waals surface area (Å²) in [5, 5.41) is 13.8. The quantitative estimate of drug-likeness (QED) is 0.792. The molecule has 13 heavy (non-hydrogen) atoms. The number of aromatic amines is 1. The van der Waals surface area contributed by atoms with Crippen molar-refractivity contribution in [1.29, 1.82) is 0 Å². The number of H-pyrrole nitrogens is 1. The fraction of sp³-hybridized carbons (Fsp3) is 0. The predicted octanol–water partition coefficient (Wildman–Crippen LogP) is 1.68. The molecule has 0 aromatic carbocycles. The summed E-state index contributed by atoms with van der Waals surface area (Å²) in [7, 11) is 0. The average molecular weight is 260 g/mol. The van der Waals surface area contributed by atoms with Crippen LogP contribution in [-0.4, -0.2) is 25.6 Å². The minimum absolute atomic E-state index is 0.381. The molecule has 0 aliphatic rings. The second-order valence-corrected chi connectivity index (χ2v) is 3.42. The second-order valence-electron chi connectivity index (χ2n) is 2.20. The topological polar surface area (TPSA) is 67.3 Å². The first-order valence-electron chi connectivity index (χ1n) is 3.33. The van der Waals surface area contributed by atoms with Gasteiger partial charge in [-0.2, -0.15) is 5.21 Å². The lowest BCUT2D eigenvalue weighted by Crippen LogP contribution is -1.88. The Hall–Kier alpha value is -1.01. The molecule has 66 valence electrons. The van der Waals surface area contributed by atoms with E-state index in [-0.39, 0.29) is 0 Å². The molecule has 0 radical (unpaired) electrons. The fourth-order valence-corrected chi connectivity index (χ4v) is 1.34. The zero-order valence-corrected chi connectivity index (χ0v) is 8.54. The number of hydrogen-bond donors (Lipinski definition) is 1. The largest absolute Gasteiger partial charge is 0.236 e. The Bertz CT molecular complexity index is 415. The van der Waals surface area contributed by atoms with Gasteiger partial charge in [0.15, 0.2) is 0 Å². The van der Waals surface area contributed by atoms with Gasteiger partial charge in [0, 0.05) is 0 Å². The first-order chi connectivity index (χ1) is 6.27. The third-order valence-corrected chi connectivity index (χ3v) is 2.12. The number of pyridine rings is 1. The molecule has 2 aromatic rings. The number of aromatic nitrogens is 5. The molecule has 0 aliphatic heterocycles. The second kappa shape index (κ2) is 3.39. The monoisotopic (exact) mass is 259 g/mol. The van der Waals surface area contributed by atoms with Gasteiger partial charge in [-0.15, -0.1) is 10.2 Å². The number of nitrogens with zero attached hydrogens (tertiary/aromatic N) is 4. The normalized spacial score (nSPS) is 10.3. The van der Waals surface area contributed by atoms with E-state index in [4.69, 9.17) is 11.6 Å². The average Bonchev–Trinajstić information content (AvgIpc) is 2.61. The van der Waals surface area contributed by atoms with Crippen LogP contribution < -0.4 is 0 Å². The van der Waals surface area contributed by atoms with Crippen LogP contribution in [-0.2, 0) is 0 Å². The van der Waals surface area contributed by atoms with E-state index in [1.165, 1.54) is 0 Å². The molecular weight excluding hydrogens is 257 g/mol. The van der Waals surface area contributed by atoms with E-state index in [0.29, 0.717) is 21.1 Å². The van der Waals surface area contributed by atoms with Gasteiger partial charge < -0.3 is 0 Å². The maximum absolute atomic E-state index is 5.88. The van der Waals surface area contributed by atoms with Crippen molar-refractivity contribution in [3.8, 4) is 11.5 Å². The molecule has 0 saturated heterocycles. The zero-order chi connectivity index (χ0) is 9.26. The number of hydrogen-bond acceptors (Lipinski definition) is 4. The molecule has 0 bridgehead atoms. The van der Waals surface area contributed by atoms with Gasteiger partial charge in [0.25, 0.3) is 0 Å². The lowest BCUT2D eigenvalue weighted by Gasteiger charge is -1.97. The Morgan fingerprint density at radius 3 is 2.92 bits per heavy atom. The maximum atomic E-state index is 5.88. The third kappa shape index (κ3) is 1.68. The number of tetrazole rings is 1. The van der Waals surface area contributed by atoms with Gasteiger partial charge in [0.1, 0.15) is 10.3 Å². The first kappa shape index (κ1) is 8.58. The van der Waals surface area contributed by atoms with Crippen LogP contribution in [0.25, 0.3) is 11.5 Å². The Morgan fingerprint density at radius 1 is 1.38 bits per heavy atom. The van der Waals surface area contributed by atoms with Gasteiger partial charge in [-0.1, -0.05) is 11.6 Å². The van der Waals surface area contributed by atoms with Crippen LogP contribution in [0, 0.1) is 0 Å². The Kier molecular flexibility index (Phi) is 2.24. The van der Waals surface area contributed by atoms with Crippen molar-refractivity contribution in [3.05, 3.63) is 21.8 Å². The molecular formula is C6H3BrClN5. The predicted molar refractivity (Wildman–Crippen MR) is 50.1 cm³/mol. The minimum atomic E-state index is 0.381. The molecule has 7 heteroatoms. The lowest BCUT2D eigenvalue weighted by molar-refractivity contribution is 0.881. The SMILES string of the molecule is Clc1ccc(Br)nc1-c1nn[nH]n1. The van der Waals surface area contributed by atoms with E-state index in [0.717, 1.165) is 0 Å². The molecule has 5 nitrogen and oxygen atoms in total. The highest BCUT2D eigenvalue weighted by Crippen LogP contribution is 2.23. The van der Waals surface area contributed by atoms with Crippen LogP contribution in [0.15, 0.2) is 16.7 Å². The van der Waals surface area contributed by atoms with Gasteiger partial charge in [0.2, 0.25) is 5.82 Å². The summed E-state index contributed by atoms with van der Waals surface area (Å²) in [4.78, 5) is 4.11. The molecule has 0 atom stereocenters. The molecule has 2 rings (SSSR count). The summed E-state index contributed by atoms with van der Waals surface area (Å²) < 4.78 is 0.678. The standard InChI is InChI=1S/C6H3BrClN5/c7-4-2-1-3(8)5(9-4)6-10-12-13-11-6/h1-2H,(H,10,11,12,13). The molecule has 0 fully saturated rings. The highest BCUT2D eigenvalue weighted by molar-refractivity contribution is 9.10. The van der Waals surface area contributed by atoms with E-state index < -0.39 is 0 Å². The summed E-state index contributed by atoms with van der Waals surface area (Å²) in [5.74, 6) is 0.381. The molecule has 0 aliphatic carbocycles. The minimum Gasteiger partial charge on any atom is -0.236 e. The van der Waals surface area contributed by atoms with Gasteiger partial charge >= 0.3 is 0 Å². The molecule has 0 spiro atoms. The van der Waals surface area contributed by atoms with Gasteiger partial charge in [-0.3, -0.25) is 0 Å². The summed E-state index contributed by atoms with van der Waals surface area (Å²) >= 11 is 9.11. The third-order valence-electron chi connectivity index (χ3n) is 1.37. The molecule has 1 N–H and O–H groups in total. The molecule has 2 heterocycles. The van der Waals surface area contributed by atoms with E-state index in [1.54, 1.807) is 12.1 Å². The van der Waals surface area contributed by atoms with Crippen molar-refractivity contribution >= 4 is 27.5 Å². The van der Waals surface area contributed by atoms with Crippen LogP contribution in [0.1, 0.15) is 0 Å². The van der Waals surface area contributed by atoms with Crippen LogP contribution in [0.2, 0.25) is 5.02 Å². The van der Waals surface area contributed by atoms with Gasteiger partial charge in [0.05, 0.1) is 5.02 Å². The summed E-state index contributed by atoms with van der Waals surface area (Å²) in [6.45, 7) is 0. The highest BCUT2D eigenvalue weighted by atomic mass is 79.9. The molecule has 0 unspecified atom stereocenters. The van der Waals surface area contributed by atoms with Crippen molar-refractivity contribution < 1.29 is 0 Å². The Balaban J connectivity index is 2.57. The number of halogens is 2. The van der Waals surface area contributed by atoms with Crippen LogP contribution >= 0.6 is 27.5 Å². The van der Waals surface area contributed by atoms with Crippen molar-refractivity contribution in [1.82, 2.24) is 25.6 Å². The Labute approximate surface area is 86.7 Å². The van der Waals surface area contributed by atoms with E-state index in [1.807, 2.05) is 0 Å². The lowest BCUT2D eigenvalue weighted by atomic mass is 10.3.